The predicted octanol–water partition coefficient (Wildman–Crippen LogP) is 4.23. The summed E-state index contributed by atoms with van der Waals surface area (Å²) in [5.41, 5.74) is 0.494. The first-order valence-electron chi connectivity index (χ1n) is 6.60. The number of H-pyrrole nitrogens is 1. The molecule has 0 fully saturated rings. The van der Waals surface area contributed by atoms with Crippen LogP contribution in [0.3, 0.4) is 0 Å². The number of urea groups is 1. The number of amides is 2. The highest BCUT2D eigenvalue weighted by molar-refractivity contribution is 6.05. The fourth-order valence-electron chi connectivity index (χ4n) is 2.12. The Bertz CT molecular complexity index is 857. The molecule has 1 aromatic carbocycles. The number of aromatic nitrogens is 2. The number of pyridine rings is 1. The molecule has 3 rings (SSSR count). The van der Waals surface area contributed by atoms with Crippen LogP contribution in [-0.2, 0) is 6.18 Å². The van der Waals surface area contributed by atoms with Crippen molar-refractivity contribution in [2.24, 2.45) is 0 Å². The van der Waals surface area contributed by atoms with E-state index in [-0.39, 0.29) is 5.69 Å². The van der Waals surface area contributed by atoms with Gasteiger partial charge in [-0.3, -0.25) is 4.98 Å². The Balaban J connectivity index is 1.75. The van der Waals surface area contributed by atoms with Crippen LogP contribution in [-0.4, -0.2) is 16.0 Å². The molecule has 23 heavy (non-hydrogen) atoms. The number of carbonyl (C=O) groups excluding carboxylic acids is 1. The molecule has 8 heteroatoms. The number of nitrogens with one attached hydrogen (secondary N) is 3. The van der Waals surface area contributed by atoms with Gasteiger partial charge in [-0.2, -0.15) is 13.2 Å². The summed E-state index contributed by atoms with van der Waals surface area (Å²) in [6, 6.07) is 5.52. The molecular formula is C15H11F3N4O. The molecule has 0 spiro atoms. The lowest BCUT2D eigenvalue weighted by atomic mass is 10.2. The van der Waals surface area contributed by atoms with Crippen LogP contribution in [0.1, 0.15) is 5.56 Å². The Labute approximate surface area is 128 Å². The molecule has 2 amide bonds. The molecule has 118 valence electrons. The minimum atomic E-state index is -4.46. The van der Waals surface area contributed by atoms with Crippen LogP contribution in [0.4, 0.5) is 29.3 Å². The second-order valence-corrected chi connectivity index (χ2v) is 4.78. The average molecular weight is 320 g/mol. The zero-order chi connectivity index (χ0) is 16.4. The number of anilines is 2. The smallest absolute Gasteiger partial charge is 0.359 e. The van der Waals surface area contributed by atoms with E-state index in [0.29, 0.717) is 11.1 Å². The number of rotatable bonds is 2. The van der Waals surface area contributed by atoms with Crippen molar-refractivity contribution in [3.8, 4) is 0 Å². The molecule has 0 radical (unpaired) electrons. The molecule has 2 heterocycles. The van der Waals surface area contributed by atoms with Crippen LogP contribution in [0.5, 0.6) is 0 Å². The lowest BCUT2D eigenvalue weighted by Crippen LogP contribution is -2.19. The van der Waals surface area contributed by atoms with E-state index in [9.17, 15) is 18.0 Å². The number of halogens is 3. The van der Waals surface area contributed by atoms with Gasteiger partial charge >= 0.3 is 12.2 Å². The molecule has 0 bridgehead atoms. The topological polar surface area (TPSA) is 69.8 Å². The van der Waals surface area contributed by atoms with E-state index >= 15 is 0 Å². The number of nitrogens with zero attached hydrogens (tertiary/aromatic N) is 1. The van der Waals surface area contributed by atoms with Gasteiger partial charge in [-0.1, -0.05) is 6.07 Å². The highest BCUT2D eigenvalue weighted by atomic mass is 19.4. The van der Waals surface area contributed by atoms with Gasteiger partial charge in [-0.25, -0.2) is 4.79 Å². The molecule has 0 aliphatic carbocycles. The third-order valence-electron chi connectivity index (χ3n) is 3.18. The summed E-state index contributed by atoms with van der Waals surface area (Å²) >= 11 is 0. The quantitative estimate of drug-likeness (QED) is 0.661. The van der Waals surface area contributed by atoms with Crippen molar-refractivity contribution in [3.63, 3.8) is 0 Å². The lowest BCUT2D eigenvalue weighted by molar-refractivity contribution is -0.137. The number of benzene rings is 1. The van der Waals surface area contributed by atoms with Crippen molar-refractivity contribution in [3.05, 3.63) is 54.5 Å². The molecule has 0 saturated heterocycles. The molecule has 0 atom stereocenters. The van der Waals surface area contributed by atoms with Crippen LogP contribution < -0.4 is 10.6 Å². The first-order chi connectivity index (χ1) is 10.9. The highest BCUT2D eigenvalue weighted by Gasteiger charge is 2.30. The summed E-state index contributed by atoms with van der Waals surface area (Å²) in [5.74, 6) is 0. The maximum atomic E-state index is 12.6. The number of hydrogen-bond donors (Lipinski definition) is 3. The van der Waals surface area contributed by atoms with E-state index in [2.05, 4.69) is 20.6 Å². The van der Waals surface area contributed by atoms with Gasteiger partial charge in [0.25, 0.3) is 0 Å². The van der Waals surface area contributed by atoms with Gasteiger partial charge in [0.2, 0.25) is 0 Å². The van der Waals surface area contributed by atoms with Gasteiger partial charge in [-0.15, -0.1) is 0 Å². The molecule has 3 aromatic rings. The normalized spacial score (nSPS) is 11.4. The standard InChI is InChI=1S/C15H11F3N4O/c16-15(17,18)9-2-1-3-10(6-9)21-14(23)22-13-8-20-12-4-5-19-7-11(12)13/h1-8,20H,(H2,21,22,23). The van der Waals surface area contributed by atoms with E-state index in [0.717, 1.165) is 17.6 Å². The van der Waals surface area contributed by atoms with E-state index in [1.807, 2.05) is 0 Å². The van der Waals surface area contributed by atoms with E-state index in [4.69, 9.17) is 0 Å². The minimum Gasteiger partial charge on any atom is -0.359 e. The maximum absolute atomic E-state index is 12.6. The van der Waals surface area contributed by atoms with E-state index < -0.39 is 17.8 Å². The first kappa shape index (κ1) is 14.9. The zero-order valence-electron chi connectivity index (χ0n) is 11.6. The van der Waals surface area contributed by atoms with Crippen molar-refractivity contribution >= 4 is 28.3 Å². The Morgan fingerprint density at radius 2 is 2.00 bits per heavy atom. The van der Waals surface area contributed by atoms with Crippen molar-refractivity contribution in [1.82, 2.24) is 9.97 Å². The second-order valence-electron chi connectivity index (χ2n) is 4.78. The molecule has 0 aliphatic rings. The third kappa shape index (κ3) is 3.25. The number of alkyl halides is 3. The van der Waals surface area contributed by atoms with E-state index in [1.54, 1.807) is 24.7 Å². The van der Waals surface area contributed by atoms with Crippen molar-refractivity contribution in [1.29, 1.82) is 0 Å². The monoisotopic (exact) mass is 320 g/mol. The Hall–Kier alpha value is -3.03. The number of aromatic amines is 1. The maximum Gasteiger partial charge on any atom is 0.416 e. The molecular weight excluding hydrogens is 309 g/mol. The van der Waals surface area contributed by atoms with Gasteiger partial charge in [0.1, 0.15) is 0 Å². The first-order valence-corrected chi connectivity index (χ1v) is 6.60. The van der Waals surface area contributed by atoms with E-state index in [1.165, 1.54) is 12.1 Å². The molecule has 5 nitrogen and oxygen atoms in total. The van der Waals surface area contributed by atoms with Gasteiger partial charge in [-0.05, 0) is 24.3 Å². The minimum absolute atomic E-state index is 0.0512. The lowest BCUT2D eigenvalue weighted by Gasteiger charge is -2.10. The highest BCUT2D eigenvalue weighted by Crippen LogP contribution is 2.30. The number of carbonyl (C=O) groups is 1. The van der Waals surface area contributed by atoms with Gasteiger partial charge in [0, 0.05) is 29.7 Å². The van der Waals surface area contributed by atoms with Gasteiger partial charge in [0.15, 0.2) is 0 Å². The van der Waals surface area contributed by atoms with Crippen molar-refractivity contribution in [2.75, 3.05) is 10.6 Å². The average Bonchev–Trinajstić information content (AvgIpc) is 2.90. The predicted molar refractivity (Wildman–Crippen MR) is 80.2 cm³/mol. The number of hydrogen-bond acceptors (Lipinski definition) is 2. The molecule has 0 unspecified atom stereocenters. The summed E-state index contributed by atoms with van der Waals surface area (Å²) in [4.78, 5) is 18.9. The Morgan fingerprint density at radius 1 is 1.17 bits per heavy atom. The summed E-state index contributed by atoms with van der Waals surface area (Å²) < 4.78 is 37.9. The molecule has 0 aliphatic heterocycles. The van der Waals surface area contributed by atoms with Gasteiger partial charge in [0.05, 0.1) is 16.8 Å². The summed E-state index contributed by atoms with van der Waals surface area (Å²) in [6.45, 7) is 0. The van der Waals surface area contributed by atoms with Crippen LogP contribution in [0, 0.1) is 0 Å². The summed E-state index contributed by atoms with van der Waals surface area (Å²) in [7, 11) is 0. The SMILES string of the molecule is O=C(Nc1cccc(C(F)(F)F)c1)Nc1c[nH]c2ccncc12. The van der Waals surface area contributed by atoms with Crippen LogP contribution in [0.25, 0.3) is 10.9 Å². The second kappa shape index (κ2) is 5.64. The fraction of sp³-hybridized carbons (Fsp3) is 0.0667. The Morgan fingerprint density at radius 3 is 2.78 bits per heavy atom. The third-order valence-corrected chi connectivity index (χ3v) is 3.18. The largest absolute Gasteiger partial charge is 0.416 e. The zero-order valence-corrected chi connectivity index (χ0v) is 11.6. The number of fused-ring (bicyclic) bond motifs is 1. The molecule has 2 aromatic heterocycles. The summed E-state index contributed by atoms with van der Waals surface area (Å²) in [5, 5.41) is 5.64. The van der Waals surface area contributed by atoms with Crippen molar-refractivity contribution < 1.29 is 18.0 Å². The van der Waals surface area contributed by atoms with Crippen LogP contribution in [0.2, 0.25) is 0 Å². The summed E-state index contributed by atoms with van der Waals surface area (Å²) in [6.07, 6.45) is 0.297. The van der Waals surface area contributed by atoms with Crippen molar-refractivity contribution in [2.45, 2.75) is 6.18 Å². The Kier molecular flexibility index (Phi) is 3.65. The van der Waals surface area contributed by atoms with Crippen LogP contribution >= 0.6 is 0 Å². The molecule has 0 saturated carbocycles. The van der Waals surface area contributed by atoms with Gasteiger partial charge < -0.3 is 15.6 Å². The fourth-order valence-corrected chi connectivity index (χ4v) is 2.12. The molecule has 3 N–H and O–H groups in total. The van der Waals surface area contributed by atoms with Crippen LogP contribution in [0.15, 0.2) is 48.9 Å².